The van der Waals surface area contributed by atoms with Crippen molar-refractivity contribution in [3.8, 4) is 0 Å². The Labute approximate surface area is 179 Å². The van der Waals surface area contributed by atoms with Gasteiger partial charge in [0.1, 0.15) is 12.1 Å². The number of rotatable bonds is 6. The Hall–Kier alpha value is -3.40. The van der Waals surface area contributed by atoms with Gasteiger partial charge in [-0.2, -0.15) is 5.01 Å². The number of hydrogen-bond donors (Lipinski definition) is 0. The zero-order chi connectivity index (χ0) is 21.8. The number of nitro benzene ring substituents is 1. The Kier molecular flexibility index (Phi) is 6.36. The molecule has 0 spiro atoms. The fraction of sp³-hybridized carbons (Fsp3) is 0.200. The number of carbonyl (C=O) groups is 4. The predicted octanol–water partition coefficient (Wildman–Crippen LogP) is 3.14. The van der Waals surface area contributed by atoms with Crippen molar-refractivity contribution < 1.29 is 24.1 Å². The summed E-state index contributed by atoms with van der Waals surface area (Å²) < 4.78 is 0.744. The maximum atomic E-state index is 13.2. The van der Waals surface area contributed by atoms with Gasteiger partial charge in [0.2, 0.25) is 11.8 Å². The molecule has 1 aliphatic rings. The standard InChI is InChI=1S/C20H16BrN3O6/c21-14-10-8-13(9-11-14)17(25)12-22(23-18(26)6-3-7-19(23)27)20(28)15-4-1-2-5-16(15)24(29)30/h1-2,4-5,8-11H,3,6-7,12H2. The minimum atomic E-state index is -0.976. The second-order valence-corrected chi connectivity index (χ2v) is 7.44. The van der Waals surface area contributed by atoms with Crippen LogP contribution in [0.1, 0.15) is 40.0 Å². The summed E-state index contributed by atoms with van der Waals surface area (Å²) in [7, 11) is 0. The molecule has 1 aliphatic heterocycles. The van der Waals surface area contributed by atoms with E-state index >= 15 is 0 Å². The van der Waals surface area contributed by atoms with E-state index in [1.54, 1.807) is 12.1 Å². The Morgan fingerprint density at radius 3 is 2.23 bits per heavy atom. The highest BCUT2D eigenvalue weighted by Gasteiger charge is 2.37. The van der Waals surface area contributed by atoms with E-state index in [0.29, 0.717) is 16.4 Å². The first kappa shape index (κ1) is 21.3. The largest absolute Gasteiger partial charge is 0.292 e. The van der Waals surface area contributed by atoms with Gasteiger partial charge >= 0.3 is 0 Å². The number of halogens is 1. The number of ketones is 1. The molecule has 0 N–H and O–H groups in total. The smallest absolute Gasteiger partial charge is 0.282 e. The molecule has 0 bridgehead atoms. The molecule has 3 amide bonds. The van der Waals surface area contributed by atoms with Crippen LogP contribution in [0.25, 0.3) is 0 Å². The highest BCUT2D eigenvalue weighted by atomic mass is 79.9. The molecular formula is C20H16BrN3O6. The van der Waals surface area contributed by atoms with E-state index in [4.69, 9.17) is 0 Å². The maximum Gasteiger partial charge on any atom is 0.282 e. The molecule has 0 unspecified atom stereocenters. The van der Waals surface area contributed by atoms with Crippen LogP contribution >= 0.6 is 15.9 Å². The van der Waals surface area contributed by atoms with Gasteiger partial charge in [-0.15, -0.1) is 0 Å². The van der Waals surface area contributed by atoms with Crippen molar-refractivity contribution in [1.29, 1.82) is 0 Å². The van der Waals surface area contributed by atoms with E-state index in [2.05, 4.69) is 15.9 Å². The number of imide groups is 1. The lowest BCUT2D eigenvalue weighted by molar-refractivity contribution is -0.385. The van der Waals surface area contributed by atoms with Gasteiger partial charge < -0.3 is 0 Å². The molecule has 3 rings (SSSR count). The summed E-state index contributed by atoms with van der Waals surface area (Å²) in [6, 6.07) is 11.5. The minimum absolute atomic E-state index is 0.0267. The molecule has 0 radical (unpaired) electrons. The van der Waals surface area contributed by atoms with Crippen LogP contribution in [0.5, 0.6) is 0 Å². The quantitative estimate of drug-likeness (QED) is 0.275. The van der Waals surface area contributed by atoms with Gasteiger partial charge in [-0.3, -0.25) is 29.3 Å². The van der Waals surface area contributed by atoms with Gasteiger partial charge in [0.15, 0.2) is 5.78 Å². The van der Waals surface area contributed by atoms with Crippen LogP contribution < -0.4 is 0 Å². The van der Waals surface area contributed by atoms with Crippen LogP contribution in [0, 0.1) is 10.1 Å². The molecule has 10 heteroatoms. The molecule has 1 heterocycles. The van der Waals surface area contributed by atoms with Crippen LogP contribution in [0.15, 0.2) is 53.0 Å². The summed E-state index contributed by atoms with van der Waals surface area (Å²) in [5.41, 5.74) is -0.548. The lowest BCUT2D eigenvalue weighted by atomic mass is 10.1. The lowest BCUT2D eigenvalue weighted by Gasteiger charge is -2.34. The Balaban J connectivity index is 2.01. The number of nitrogens with zero attached hydrogens (tertiary/aromatic N) is 3. The molecule has 2 aromatic carbocycles. The SMILES string of the molecule is O=C(CN(C(=O)c1ccccc1[N+](=O)[O-])N1C(=O)CCCC1=O)c1ccc(Br)cc1. The first-order valence-corrected chi connectivity index (χ1v) is 9.78. The number of benzene rings is 2. The van der Waals surface area contributed by atoms with E-state index in [9.17, 15) is 29.3 Å². The van der Waals surface area contributed by atoms with E-state index in [1.165, 1.54) is 30.3 Å². The molecule has 9 nitrogen and oxygen atoms in total. The van der Waals surface area contributed by atoms with Crippen LogP contribution in [0.2, 0.25) is 0 Å². The highest BCUT2D eigenvalue weighted by molar-refractivity contribution is 9.10. The van der Waals surface area contributed by atoms with Gasteiger partial charge in [0.05, 0.1) is 4.92 Å². The summed E-state index contributed by atoms with van der Waals surface area (Å²) in [5.74, 6) is -2.78. The lowest BCUT2D eigenvalue weighted by Crippen LogP contribution is -2.56. The number of nitro groups is 1. The molecule has 0 aliphatic carbocycles. The molecule has 0 atom stereocenters. The third-order valence-corrected chi connectivity index (χ3v) is 5.05. The number of Topliss-reactive ketones (excluding diaryl/α,β-unsaturated/α-hetero) is 1. The van der Waals surface area contributed by atoms with Crippen LogP contribution in [0.4, 0.5) is 5.69 Å². The number of para-hydroxylation sites is 1. The fourth-order valence-corrected chi connectivity index (χ4v) is 3.32. The van der Waals surface area contributed by atoms with Crippen molar-refractivity contribution >= 4 is 45.1 Å². The highest BCUT2D eigenvalue weighted by Crippen LogP contribution is 2.23. The average molecular weight is 474 g/mol. The van der Waals surface area contributed by atoms with E-state index in [1.807, 2.05) is 0 Å². The Morgan fingerprint density at radius 2 is 1.63 bits per heavy atom. The number of hydrogen-bond acceptors (Lipinski definition) is 6. The monoisotopic (exact) mass is 473 g/mol. The maximum absolute atomic E-state index is 13.2. The van der Waals surface area contributed by atoms with Gasteiger partial charge in [-0.1, -0.05) is 40.2 Å². The first-order valence-electron chi connectivity index (χ1n) is 8.99. The summed E-state index contributed by atoms with van der Waals surface area (Å²) in [4.78, 5) is 61.4. The number of amides is 3. The van der Waals surface area contributed by atoms with E-state index < -0.39 is 40.7 Å². The Morgan fingerprint density at radius 1 is 1.03 bits per heavy atom. The fourth-order valence-electron chi connectivity index (χ4n) is 3.06. The van der Waals surface area contributed by atoms with Gasteiger partial charge in [0.25, 0.3) is 11.6 Å². The first-order chi connectivity index (χ1) is 14.3. The predicted molar refractivity (Wildman–Crippen MR) is 108 cm³/mol. The van der Waals surface area contributed by atoms with Crippen molar-refractivity contribution in [3.05, 3.63) is 74.2 Å². The normalized spacial score (nSPS) is 13.8. The summed E-state index contributed by atoms with van der Waals surface area (Å²) >= 11 is 3.26. The number of hydrazine groups is 1. The van der Waals surface area contributed by atoms with Crippen molar-refractivity contribution in [2.24, 2.45) is 0 Å². The molecule has 0 saturated carbocycles. The summed E-state index contributed by atoms with van der Waals surface area (Å²) in [6.45, 7) is -0.621. The molecule has 0 aromatic heterocycles. The Bertz CT molecular complexity index is 1020. The molecular weight excluding hydrogens is 458 g/mol. The zero-order valence-corrected chi connectivity index (χ0v) is 17.2. The second kappa shape index (κ2) is 8.95. The van der Waals surface area contributed by atoms with Crippen molar-refractivity contribution in [2.75, 3.05) is 6.54 Å². The van der Waals surface area contributed by atoms with Crippen LogP contribution in [0.3, 0.4) is 0 Å². The average Bonchev–Trinajstić information content (AvgIpc) is 2.72. The van der Waals surface area contributed by atoms with E-state index in [-0.39, 0.29) is 24.0 Å². The molecule has 154 valence electrons. The van der Waals surface area contributed by atoms with Crippen LogP contribution in [-0.2, 0) is 9.59 Å². The summed E-state index contributed by atoms with van der Waals surface area (Å²) in [5, 5.41) is 12.7. The van der Waals surface area contributed by atoms with Crippen molar-refractivity contribution in [3.63, 3.8) is 0 Å². The topological polar surface area (TPSA) is 118 Å². The molecule has 1 saturated heterocycles. The van der Waals surface area contributed by atoms with Crippen molar-refractivity contribution in [2.45, 2.75) is 19.3 Å². The summed E-state index contributed by atoms with van der Waals surface area (Å²) in [6.07, 6.45) is 0.389. The van der Waals surface area contributed by atoms with Gasteiger partial charge in [-0.25, -0.2) is 5.01 Å². The molecule has 30 heavy (non-hydrogen) atoms. The third kappa shape index (κ3) is 4.43. The number of carbonyl (C=O) groups excluding carboxylic acids is 4. The molecule has 2 aromatic rings. The third-order valence-electron chi connectivity index (χ3n) is 4.52. The zero-order valence-electron chi connectivity index (χ0n) is 15.6. The van der Waals surface area contributed by atoms with Crippen LogP contribution in [-0.4, -0.2) is 45.0 Å². The second-order valence-electron chi connectivity index (χ2n) is 6.52. The van der Waals surface area contributed by atoms with Gasteiger partial charge in [0, 0.05) is 28.9 Å². The van der Waals surface area contributed by atoms with Gasteiger partial charge in [-0.05, 0) is 24.6 Å². The number of piperidine rings is 1. The minimum Gasteiger partial charge on any atom is -0.292 e. The molecule has 1 fully saturated rings. The van der Waals surface area contributed by atoms with Crippen molar-refractivity contribution in [1.82, 2.24) is 10.0 Å². The van der Waals surface area contributed by atoms with E-state index in [0.717, 1.165) is 10.5 Å².